The van der Waals surface area contributed by atoms with E-state index < -0.39 is 168 Å². The summed E-state index contributed by atoms with van der Waals surface area (Å²) >= 11 is 0. The Morgan fingerprint density at radius 1 is 0.658 bits per heavy atom. The van der Waals surface area contributed by atoms with Gasteiger partial charge in [-0.3, -0.25) is 9.59 Å². The summed E-state index contributed by atoms with van der Waals surface area (Å²) in [7, 11) is 0. The number of aromatic hydroxyl groups is 4. The van der Waals surface area contributed by atoms with Crippen LogP contribution in [0, 0.1) is 0 Å². The number of rotatable bonds is 17. The highest BCUT2D eigenvalue weighted by atomic mass is 16.8. The Morgan fingerprint density at radius 3 is 1.97 bits per heavy atom. The summed E-state index contributed by atoms with van der Waals surface area (Å²) in [6.45, 7) is 3.09. The van der Waals surface area contributed by atoms with E-state index >= 15 is 0 Å². The van der Waals surface area contributed by atoms with Crippen molar-refractivity contribution < 1.29 is 113 Å². The zero-order chi connectivity index (χ0) is 57.0. The predicted octanol–water partition coefficient (Wildman–Crippen LogP) is 1.06. The van der Waals surface area contributed by atoms with Crippen LogP contribution in [0.2, 0.25) is 0 Å². The van der Waals surface area contributed by atoms with Gasteiger partial charge in [-0.05, 0) is 74.2 Å². The molecule has 3 saturated heterocycles. The van der Waals surface area contributed by atoms with Gasteiger partial charge < -0.3 is 104 Å². The molecule has 0 spiro atoms. The fraction of sp³-hybridized carbons (Fsp3) is 0.400. The van der Waals surface area contributed by atoms with E-state index in [4.69, 9.17) is 42.3 Å². The lowest BCUT2D eigenvalue weighted by Gasteiger charge is -2.46. The maximum absolute atomic E-state index is 14.9. The molecule has 12 N–H and O–H groups in total. The Balaban J connectivity index is 1.16. The number of benzene rings is 4. The zero-order valence-electron chi connectivity index (χ0n) is 42.5. The minimum atomic E-state index is -2.10. The summed E-state index contributed by atoms with van der Waals surface area (Å²) in [6.07, 6.45) is -23.0. The lowest BCUT2D eigenvalue weighted by Crippen LogP contribution is -2.65. The van der Waals surface area contributed by atoms with Crippen LogP contribution in [0.15, 0.2) is 106 Å². The van der Waals surface area contributed by atoms with E-state index in [1.165, 1.54) is 43.3 Å². The third kappa shape index (κ3) is 13.0. The van der Waals surface area contributed by atoms with Gasteiger partial charge in [0, 0.05) is 23.8 Å². The van der Waals surface area contributed by atoms with Crippen LogP contribution in [0.25, 0.3) is 28.4 Å². The number of esters is 2. The first-order chi connectivity index (χ1) is 37.6. The largest absolute Gasteiger partial charge is 0.508 e. The van der Waals surface area contributed by atoms with Crippen LogP contribution in [-0.2, 0) is 50.9 Å². The minimum absolute atomic E-state index is 0.0319. The second-order valence-electron chi connectivity index (χ2n) is 19.3. The number of carbonyl (C=O) groups excluding carboxylic acids is 2. The second kappa shape index (κ2) is 24.9. The molecule has 24 nitrogen and oxygen atoms in total. The molecule has 15 atom stereocenters. The number of ether oxygens (including phenoxy) is 8. The highest BCUT2D eigenvalue weighted by Crippen LogP contribution is 2.43. The van der Waals surface area contributed by atoms with Crippen LogP contribution in [0.4, 0.5) is 0 Å². The summed E-state index contributed by atoms with van der Waals surface area (Å²) in [5, 5.41) is 130. The zero-order valence-corrected chi connectivity index (χ0v) is 42.5. The number of phenols is 4. The molecule has 24 heteroatoms. The number of carbonyl (C=O) groups is 2. The van der Waals surface area contributed by atoms with Crippen LogP contribution >= 0.6 is 0 Å². The molecule has 3 aliphatic heterocycles. The van der Waals surface area contributed by atoms with Crippen molar-refractivity contribution in [2.45, 2.75) is 126 Å². The van der Waals surface area contributed by atoms with Crippen molar-refractivity contribution in [1.29, 1.82) is 0 Å². The average molecular weight is 1110 g/mol. The van der Waals surface area contributed by atoms with Gasteiger partial charge in [0.15, 0.2) is 41.9 Å². The molecular formula is C55H60O24. The second-order valence-corrected chi connectivity index (χ2v) is 19.3. The van der Waals surface area contributed by atoms with Crippen molar-refractivity contribution in [3.05, 3.63) is 124 Å². The fourth-order valence-electron chi connectivity index (χ4n) is 9.06. The van der Waals surface area contributed by atoms with E-state index in [1.807, 2.05) is 0 Å². The molecular weight excluding hydrogens is 1040 g/mol. The first kappa shape index (κ1) is 58.0. The standard InChI is InChI=1S/C55H60O24/c1-24(2)9-13-28-18-32(59)33(60)21-31(28)48-51(78-54-46(69)44(67)49(36(22-56)74-54)77-39(63)17-27-7-5-4-6-8-27)42(65)40-34(61)19-30(20-35(40)73-48)72-55-52(79-53-45(68)43(66)41(64)25(3)71-53)47(70)50(37(23-57)75-55)76-38(62)16-12-26-10-14-29(58)15-11-26/h4-12,14-16,18-21,25,36-37,41,43-47,49-50,52-61,64,66-70H,13,17,22-23H2,1-3H3/b16-12+. The molecule has 0 radical (unpaired) electrons. The highest BCUT2D eigenvalue weighted by Gasteiger charge is 2.53. The summed E-state index contributed by atoms with van der Waals surface area (Å²) < 4.78 is 53.0. The molecule has 3 fully saturated rings. The van der Waals surface area contributed by atoms with E-state index in [9.17, 15) is 75.7 Å². The summed E-state index contributed by atoms with van der Waals surface area (Å²) in [5.41, 5.74) is 0.305. The SMILES string of the molecule is CC(C)=CCc1cc(O)c(O)cc1-c1oc2cc(OC3OC(CO)C(OC(=O)/C=C/c4ccc(O)cc4)C(O)C3OC3OC(C)C(O)C(O)C3O)cc(O)c2c(=O)c1OC1OC(CO)C(OC(=O)Cc2ccccc2)C(O)C1O. The van der Waals surface area contributed by atoms with E-state index in [1.54, 1.807) is 50.3 Å². The number of aliphatic hydroxyl groups excluding tert-OH is 8. The molecule has 3 aliphatic rings. The first-order valence-corrected chi connectivity index (χ1v) is 24.8. The summed E-state index contributed by atoms with van der Waals surface area (Å²) in [6, 6.07) is 18.3. The van der Waals surface area contributed by atoms with Gasteiger partial charge in [0.05, 0.1) is 25.7 Å². The van der Waals surface area contributed by atoms with Crippen molar-refractivity contribution in [1.82, 2.24) is 0 Å². The number of hydrogen-bond acceptors (Lipinski definition) is 24. The predicted molar refractivity (Wildman–Crippen MR) is 271 cm³/mol. The van der Waals surface area contributed by atoms with Crippen molar-refractivity contribution in [2.75, 3.05) is 13.2 Å². The van der Waals surface area contributed by atoms with E-state index in [0.717, 1.165) is 29.8 Å². The first-order valence-electron chi connectivity index (χ1n) is 24.8. The van der Waals surface area contributed by atoms with Gasteiger partial charge in [-0.15, -0.1) is 0 Å². The molecule has 0 amide bonds. The third-order valence-corrected chi connectivity index (χ3v) is 13.3. The molecule has 8 rings (SSSR count). The van der Waals surface area contributed by atoms with Crippen LogP contribution in [0.5, 0.6) is 34.5 Å². The van der Waals surface area contributed by atoms with Gasteiger partial charge in [0.25, 0.3) is 0 Å². The molecule has 1 aromatic heterocycles. The number of phenolic OH excluding ortho intramolecular Hbond substituents is 4. The van der Waals surface area contributed by atoms with Crippen molar-refractivity contribution in [2.24, 2.45) is 0 Å². The highest BCUT2D eigenvalue weighted by molar-refractivity contribution is 5.89. The smallest absolute Gasteiger partial charge is 0.331 e. The van der Waals surface area contributed by atoms with E-state index in [-0.39, 0.29) is 29.7 Å². The Bertz CT molecular complexity index is 3060. The fourth-order valence-corrected chi connectivity index (χ4v) is 9.06. The normalized spacial score (nSPS) is 29.0. The average Bonchev–Trinajstić information content (AvgIpc) is 3.57. The van der Waals surface area contributed by atoms with E-state index in [0.29, 0.717) is 11.1 Å². The lowest BCUT2D eigenvalue weighted by molar-refractivity contribution is -0.354. The molecule has 5 aromatic rings. The topological polar surface area (TPSA) is 381 Å². The van der Waals surface area contributed by atoms with Gasteiger partial charge in [0.1, 0.15) is 77.0 Å². The van der Waals surface area contributed by atoms with E-state index in [2.05, 4.69) is 0 Å². The minimum Gasteiger partial charge on any atom is -0.508 e. The summed E-state index contributed by atoms with van der Waals surface area (Å²) in [5.74, 6) is -5.83. The molecule has 0 bridgehead atoms. The van der Waals surface area contributed by atoms with Crippen LogP contribution in [0.1, 0.15) is 37.5 Å². The molecule has 15 unspecified atom stereocenters. The van der Waals surface area contributed by atoms with Crippen LogP contribution in [0.3, 0.4) is 0 Å². The molecule has 4 heterocycles. The number of hydrogen-bond donors (Lipinski definition) is 12. The third-order valence-electron chi connectivity index (χ3n) is 13.3. The Kier molecular flexibility index (Phi) is 18.3. The number of allylic oxidation sites excluding steroid dienone is 2. The molecule has 424 valence electrons. The van der Waals surface area contributed by atoms with Crippen molar-refractivity contribution in [3.63, 3.8) is 0 Å². The van der Waals surface area contributed by atoms with Crippen molar-refractivity contribution in [3.8, 4) is 45.8 Å². The van der Waals surface area contributed by atoms with Gasteiger partial charge in [-0.1, -0.05) is 54.1 Å². The molecule has 0 saturated carbocycles. The molecule has 4 aromatic carbocycles. The van der Waals surface area contributed by atoms with Crippen molar-refractivity contribution >= 4 is 29.0 Å². The number of aliphatic hydroxyl groups is 8. The van der Waals surface area contributed by atoms with Gasteiger partial charge in [-0.2, -0.15) is 0 Å². The lowest BCUT2D eigenvalue weighted by atomic mass is 9.97. The van der Waals surface area contributed by atoms with Gasteiger partial charge >= 0.3 is 11.9 Å². The Morgan fingerprint density at radius 2 is 1.30 bits per heavy atom. The molecule has 0 aliphatic carbocycles. The Hall–Kier alpha value is -7.17. The van der Waals surface area contributed by atoms with Gasteiger partial charge in [0.2, 0.25) is 23.8 Å². The summed E-state index contributed by atoms with van der Waals surface area (Å²) in [4.78, 5) is 41.0. The monoisotopic (exact) mass is 1100 g/mol. The molecule has 79 heavy (non-hydrogen) atoms. The maximum atomic E-state index is 14.9. The maximum Gasteiger partial charge on any atom is 0.331 e. The number of fused-ring (bicyclic) bond motifs is 1. The quantitative estimate of drug-likeness (QED) is 0.0268. The van der Waals surface area contributed by atoms with Gasteiger partial charge in [-0.25, -0.2) is 4.79 Å². The van der Waals surface area contributed by atoms with Crippen LogP contribution in [-0.4, -0.2) is 179 Å². The van der Waals surface area contributed by atoms with Crippen LogP contribution < -0.4 is 14.9 Å². The Labute approximate surface area is 449 Å².